The number of rotatable bonds is 2. The van der Waals surface area contributed by atoms with Crippen molar-refractivity contribution in [2.75, 3.05) is 5.73 Å². The number of pyridine rings is 1. The van der Waals surface area contributed by atoms with E-state index in [1.165, 1.54) is 11.8 Å². The lowest BCUT2D eigenvalue weighted by atomic mass is 9.87. The van der Waals surface area contributed by atoms with Crippen molar-refractivity contribution in [3.05, 3.63) is 52.8 Å². The Hall–Kier alpha value is -2.60. The molecule has 0 fully saturated rings. The fourth-order valence-corrected chi connectivity index (χ4v) is 3.29. The van der Waals surface area contributed by atoms with E-state index in [4.69, 9.17) is 10.3 Å². The van der Waals surface area contributed by atoms with Crippen molar-refractivity contribution in [3.63, 3.8) is 0 Å². The Bertz CT molecular complexity index is 938. The summed E-state index contributed by atoms with van der Waals surface area (Å²) in [6, 6.07) is 7.68. The Balaban J connectivity index is 0.00000182. The molecule has 6 nitrogen and oxygen atoms in total. The van der Waals surface area contributed by atoms with Crippen molar-refractivity contribution < 1.29 is 9.32 Å². The van der Waals surface area contributed by atoms with Crippen molar-refractivity contribution in [3.8, 4) is 0 Å². The molecule has 0 saturated heterocycles. The van der Waals surface area contributed by atoms with E-state index in [0.29, 0.717) is 11.3 Å². The molecule has 0 aliphatic heterocycles. The Labute approximate surface area is 151 Å². The van der Waals surface area contributed by atoms with Crippen LogP contribution < -0.4 is 11.1 Å². The highest BCUT2D eigenvalue weighted by molar-refractivity contribution is 5.97. The Kier molecular flexibility index (Phi) is 4.63. The minimum absolute atomic E-state index is 0. The van der Waals surface area contributed by atoms with Crippen LogP contribution in [0.15, 0.2) is 35.0 Å². The smallest absolute Gasteiger partial charge is 0.257 e. The minimum atomic E-state index is -0.139. The van der Waals surface area contributed by atoms with Gasteiger partial charge in [0.05, 0.1) is 22.7 Å². The van der Waals surface area contributed by atoms with Crippen molar-refractivity contribution in [1.29, 1.82) is 0 Å². The first-order valence-electron chi connectivity index (χ1n) is 8.03. The highest BCUT2D eigenvalue weighted by Gasteiger charge is 2.23. The molecule has 1 aromatic carbocycles. The van der Waals surface area contributed by atoms with Crippen LogP contribution in [0.1, 0.15) is 46.1 Å². The van der Waals surface area contributed by atoms with E-state index in [-0.39, 0.29) is 24.4 Å². The summed E-state index contributed by atoms with van der Waals surface area (Å²) in [5.74, 6) is -0.139. The molecule has 130 valence electrons. The molecule has 25 heavy (non-hydrogen) atoms. The normalized spacial score (nSPS) is 16.1. The summed E-state index contributed by atoms with van der Waals surface area (Å²) in [5.41, 5.74) is 10.7. The lowest BCUT2D eigenvalue weighted by Gasteiger charge is -2.26. The van der Waals surface area contributed by atoms with Crippen LogP contribution in [-0.2, 0) is 6.42 Å². The van der Waals surface area contributed by atoms with Gasteiger partial charge in [0.1, 0.15) is 0 Å². The topological polar surface area (TPSA) is 94.0 Å². The number of hydrogen-bond acceptors (Lipinski definition) is 5. The van der Waals surface area contributed by atoms with Crippen molar-refractivity contribution in [1.82, 2.24) is 15.5 Å². The molecule has 2 aromatic heterocycles. The van der Waals surface area contributed by atoms with Gasteiger partial charge in [0.2, 0.25) is 0 Å². The maximum absolute atomic E-state index is 12.6. The van der Waals surface area contributed by atoms with Crippen LogP contribution in [-0.4, -0.2) is 16.0 Å². The average Bonchev–Trinajstić information content (AvgIpc) is 2.95. The molecule has 1 aliphatic carbocycles. The largest absolute Gasteiger partial charge is 0.399 e. The fraction of sp³-hybridized carbons (Fsp3) is 0.278. The van der Waals surface area contributed by atoms with Gasteiger partial charge in [-0.2, -0.15) is 0 Å². The van der Waals surface area contributed by atoms with Crippen LogP contribution in [0.5, 0.6) is 0 Å². The zero-order chi connectivity index (χ0) is 16.7. The Morgan fingerprint density at radius 1 is 1.36 bits per heavy atom. The molecule has 2 heterocycles. The van der Waals surface area contributed by atoms with Crippen LogP contribution in [0.25, 0.3) is 11.1 Å². The number of aryl methyl sites for hydroxylation is 2. The standard InChI is InChI=1S/C18H18N4O2.ClH/c1-10-15-8-12(9-20-18(15)24-22-10)17(23)21-16-4-2-3-11-7-13(19)5-6-14(11)16;/h5-9,16H,2-4,19H2,1H3,(H,21,23);1H. The number of hydrogen-bond donors (Lipinski definition) is 2. The third-order valence-corrected chi connectivity index (χ3v) is 4.56. The first-order valence-corrected chi connectivity index (χ1v) is 8.03. The molecule has 0 spiro atoms. The van der Waals surface area contributed by atoms with Crippen LogP contribution in [0.4, 0.5) is 5.69 Å². The van der Waals surface area contributed by atoms with Gasteiger partial charge in [-0.3, -0.25) is 4.79 Å². The summed E-state index contributed by atoms with van der Waals surface area (Å²) in [4.78, 5) is 16.8. The Morgan fingerprint density at radius 2 is 2.20 bits per heavy atom. The number of nitrogens with zero attached hydrogens (tertiary/aromatic N) is 2. The van der Waals surface area contributed by atoms with E-state index in [9.17, 15) is 4.79 Å². The number of carbonyl (C=O) groups is 1. The summed E-state index contributed by atoms with van der Waals surface area (Å²) in [6.45, 7) is 1.83. The predicted octanol–water partition coefficient (Wildman–Crippen LogP) is 3.34. The third-order valence-electron chi connectivity index (χ3n) is 4.56. The fourth-order valence-electron chi connectivity index (χ4n) is 3.29. The van der Waals surface area contributed by atoms with E-state index in [0.717, 1.165) is 41.6 Å². The quantitative estimate of drug-likeness (QED) is 0.685. The number of nitrogen functional groups attached to an aromatic ring is 1. The molecule has 1 amide bonds. The van der Waals surface area contributed by atoms with Gasteiger partial charge >= 0.3 is 0 Å². The van der Waals surface area contributed by atoms with Gasteiger partial charge in [0.25, 0.3) is 11.6 Å². The molecule has 3 N–H and O–H groups in total. The Morgan fingerprint density at radius 3 is 3.04 bits per heavy atom. The molecule has 4 rings (SSSR count). The van der Waals surface area contributed by atoms with Crippen molar-refractivity contribution >= 4 is 35.1 Å². The van der Waals surface area contributed by atoms with Gasteiger partial charge < -0.3 is 15.6 Å². The average molecular weight is 359 g/mol. The lowest BCUT2D eigenvalue weighted by molar-refractivity contribution is 0.0932. The second kappa shape index (κ2) is 6.72. The van der Waals surface area contributed by atoms with Crippen LogP contribution in [0.3, 0.4) is 0 Å². The number of anilines is 1. The maximum atomic E-state index is 12.6. The molecule has 0 radical (unpaired) electrons. The van der Waals surface area contributed by atoms with Gasteiger partial charge in [-0.25, -0.2) is 4.98 Å². The van der Waals surface area contributed by atoms with Crippen molar-refractivity contribution in [2.24, 2.45) is 0 Å². The predicted molar refractivity (Wildman–Crippen MR) is 97.8 cm³/mol. The maximum Gasteiger partial charge on any atom is 0.257 e. The van der Waals surface area contributed by atoms with Gasteiger partial charge in [-0.1, -0.05) is 11.2 Å². The number of nitrogens with one attached hydrogen (secondary N) is 1. The van der Waals surface area contributed by atoms with Crippen LogP contribution >= 0.6 is 12.4 Å². The second-order valence-corrected chi connectivity index (χ2v) is 6.22. The molecule has 0 saturated carbocycles. The van der Waals surface area contributed by atoms with E-state index < -0.39 is 0 Å². The van der Waals surface area contributed by atoms with Gasteiger partial charge in [0, 0.05) is 11.9 Å². The van der Waals surface area contributed by atoms with Gasteiger partial charge in [-0.05, 0) is 55.5 Å². The number of aromatic nitrogens is 2. The van der Waals surface area contributed by atoms with Gasteiger partial charge in [0.15, 0.2) is 0 Å². The van der Waals surface area contributed by atoms with Gasteiger partial charge in [-0.15, -0.1) is 12.4 Å². The molecule has 1 atom stereocenters. The summed E-state index contributed by atoms with van der Waals surface area (Å²) >= 11 is 0. The number of halogens is 1. The van der Waals surface area contributed by atoms with E-state index in [1.807, 2.05) is 25.1 Å². The van der Waals surface area contributed by atoms with E-state index in [2.05, 4.69) is 15.5 Å². The zero-order valence-corrected chi connectivity index (χ0v) is 14.6. The number of nitrogens with two attached hydrogens (primary N) is 1. The highest BCUT2D eigenvalue weighted by atomic mass is 35.5. The number of fused-ring (bicyclic) bond motifs is 2. The van der Waals surface area contributed by atoms with E-state index in [1.54, 1.807) is 6.07 Å². The molecule has 0 bridgehead atoms. The second-order valence-electron chi connectivity index (χ2n) is 6.22. The molecule has 1 aliphatic rings. The van der Waals surface area contributed by atoms with Crippen LogP contribution in [0.2, 0.25) is 0 Å². The zero-order valence-electron chi connectivity index (χ0n) is 13.8. The monoisotopic (exact) mass is 358 g/mol. The number of amides is 1. The lowest BCUT2D eigenvalue weighted by Crippen LogP contribution is -2.31. The molecular formula is C18H19ClN4O2. The first-order chi connectivity index (χ1) is 11.6. The highest BCUT2D eigenvalue weighted by Crippen LogP contribution is 2.31. The molecule has 7 heteroatoms. The third kappa shape index (κ3) is 3.17. The summed E-state index contributed by atoms with van der Waals surface area (Å²) in [5, 5.41) is 7.75. The summed E-state index contributed by atoms with van der Waals surface area (Å²) < 4.78 is 5.09. The summed E-state index contributed by atoms with van der Waals surface area (Å²) in [6.07, 6.45) is 4.48. The van der Waals surface area contributed by atoms with Crippen molar-refractivity contribution in [2.45, 2.75) is 32.2 Å². The summed E-state index contributed by atoms with van der Waals surface area (Å²) in [7, 11) is 0. The van der Waals surface area contributed by atoms with E-state index >= 15 is 0 Å². The first kappa shape index (κ1) is 17.2. The SMILES string of the molecule is Cc1noc2ncc(C(=O)NC3CCCc4cc(N)ccc43)cc12.Cl. The van der Waals surface area contributed by atoms with Crippen LogP contribution in [0, 0.1) is 6.92 Å². The molecular weight excluding hydrogens is 340 g/mol. The minimum Gasteiger partial charge on any atom is -0.399 e. The number of benzene rings is 1. The molecule has 1 unspecified atom stereocenters. The molecule has 3 aromatic rings. The number of carbonyl (C=O) groups excluding carboxylic acids is 1.